The number of aromatic nitrogens is 1. The highest BCUT2D eigenvalue weighted by atomic mass is 32.1. The van der Waals surface area contributed by atoms with Gasteiger partial charge in [-0.2, -0.15) is 16.6 Å². The Morgan fingerprint density at radius 3 is 2.84 bits per heavy atom. The lowest BCUT2D eigenvalue weighted by atomic mass is 9.94. The molecule has 0 radical (unpaired) electrons. The van der Waals surface area contributed by atoms with Gasteiger partial charge in [0.2, 0.25) is 0 Å². The summed E-state index contributed by atoms with van der Waals surface area (Å²) in [6, 6.07) is 4.08. The number of hydrogen-bond acceptors (Lipinski definition) is 3. The third kappa shape index (κ3) is 2.11. The molecule has 4 heteroatoms. The Kier molecular flexibility index (Phi) is 3.22. The molecule has 0 aromatic carbocycles. The summed E-state index contributed by atoms with van der Waals surface area (Å²) < 4.78 is 0. The van der Waals surface area contributed by atoms with Crippen molar-refractivity contribution >= 4 is 11.3 Å². The van der Waals surface area contributed by atoms with Crippen LogP contribution in [0.5, 0.6) is 0 Å². The fraction of sp³-hybridized carbons (Fsp3) is 0.333. The Balaban J connectivity index is 2.33. The van der Waals surface area contributed by atoms with Gasteiger partial charge in [0, 0.05) is 11.3 Å². The molecule has 2 heterocycles. The van der Waals surface area contributed by atoms with Crippen molar-refractivity contribution in [2.45, 2.75) is 32.1 Å². The number of aromatic amines is 1. The van der Waals surface area contributed by atoms with Crippen molar-refractivity contribution in [2.75, 3.05) is 0 Å². The number of nitrogens with zero attached hydrogens (tertiary/aromatic N) is 1. The van der Waals surface area contributed by atoms with Crippen LogP contribution in [0.1, 0.15) is 36.1 Å². The minimum atomic E-state index is -0.246. The molecule has 0 saturated heterocycles. The summed E-state index contributed by atoms with van der Waals surface area (Å²) in [4.78, 5) is 15.0. The first-order chi connectivity index (χ1) is 9.31. The zero-order chi connectivity index (χ0) is 13.2. The van der Waals surface area contributed by atoms with E-state index in [0.29, 0.717) is 0 Å². The maximum absolute atomic E-state index is 12.1. The number of nitriles is 1. The van der Waals surface area contributed by atoms with Gasteiger partial charge in [0.15, 0.2) is 0 Å². The first-order valence-corrected chi connectivity index (χ1v) is 7.46. The number of aryl methyl sites for hydroxylation is 1. The molecule has 0 fully saturated rings. The quantitative estimate of drug-likeness (QED) is 0.809. The molecule has 1 N–H and O–H groups in total. The zero-order valence-corrected chi connectivity index (χ0v) is 11.3. The van der Waals surface area contributed by atoms with Gasteiger partial charge in [-0.15, -0.1) is 0 Å². The minimum Gasteiger partial charge on any atom is -0.325 e. The van der Waals surface area contributed by atoms with E-state index in [1.807, 2.05) is 16.8 Å². The standard InChI is InChI=1S/C15H14N2OS/c16-8-12-14(10-6-7-19-9-10)11-4-2-1-3-5-13(11)17-15(12)18/h6-7,9H,1-5H2,(H,17,18). The summed E-state index contributed by atoms with van der Waals surface area (Å²) in [5.41, 5.74) is 4.09. The summed E-state index contributed by atoms with van der Waals surface area (Å²) in [6.45, 7) is 0. The highest BCUT2D eigenvalue weighted by Crippen LogP contribution is 2.32. The lowest BCUT2D eigenvalue weighted by molar-refractivity contribution is 0.708. The minimum absolute atomic E-state index is 0.246. The maximum Gasteiger partial charge on any atom is 0.266 e. The fourth-order valence-electron chi connectivity index (χ4n) is 2.79. The topological polar surface area (TPSA) is 56.6 Å². The summed E-state index contributed by atoms with van der Waals surface area (Å²) in [6.07, 6.45) is 5.28. The number of nitrogens with one attached hydrogen (secondary N) is 1. The molecular weight excluding hydrogens is 256 g/mol. The highest BCUT2D eigenvalue weighted by molar-refractivity contribution is 7.08. The first kappa shape index (κ1) is 12.2. The van der Waals surface area contributed by atoms with Gasteiger partial charge >= 0.3 is 0 Å². The van der Waals surface area contributed by atoms with E-state index in [4.69, 9.17) is 0 Å². The largest absolute Gasteiger partial charge is 0.325 e. The van der Waals surface area contributed by atoms with E-state index < -0.39 is 0 Å². The second kappa shape index (κ2) is 5.02. The number of pyridine rings is 1. The molecule has 1 aliphatic rings. The Labute approximate surface area is 115 Å². The maximum atomic E-state index is 12.1. The van der Waals surface area contributed by atoms with Gasteiger partial charge in [-0.1, -0.05) is 6.42 Å². The normalized spacial score (nSPS) is 14.5. The van der Waals surface area contributed by atoms with E-state index in [0.717, 1.165) is 42.5 Å². The van der Waals surface area contributed by atoms with Crippen LogP contribution in [0.25, 0.3) is 11.1 Å². The Morgan fingerprint density at radius 2 is 2.11 bits per heavy atom. The molecule has 19 heavy (non-hydrogen) atoms. The molecule has 0 atom stereocenters. The van der Waals surface area contributed by atoms with E-state index in [-0.39, 0.29) is 11.1 Å². The van der Waals surface area contributed by atoms with Crippen molar-refractivity contribution < 1.29 is 0 Å². The zero-order valence-electron chi connectivity index (χ0n) is 10.5. The summed E-state index contributed by atoms with van der Waals surface area (Å²) in [5.74, 6) is 0. The molecule has 0 amide bonds. The molecule has 3 nitrogen and oxygen atoms in total. The molecule has 0 aliphatic heterocycles. The first-order valence-electron chi connectivity index (χ1n) is 6.52. The van der Waals surface area contributed by atoms with Gasteiger partial charge in [0.05, 0.1) is 0 Å². The third-order valence-corrected chi connectivity index (χ3v) is 4.37. The van der Waals surface area contributed by atoms with Crippen LogP contribution in [0.2, 0.25) is 0 Å². The molecule has 1 aliphatic carbocycles. The van der Waals surface area contributed by atoms with E-state index >= 15 is 0 Å². The van der Waals surface area contributed by atoms with Crippen molar-refractivity contribution in [1.29, 1.82) is 5.26 Å². The number of rotatable bonds is 1. The molecule has 96 valence electrons. The van der Waals surface area contributed by atoms with Crippen molar-refractivity contribution in [2.24, 2.45) is 0 Å². The van der Waals surface area contributed by atoms with Gasteiger partial charge in [-0.05, 0) is 53.6 Å². The number of thiophene rings is 1. The molecular formula is C15H14N2OS. The SMILES string of the molecule is N#Cc1c(-c2ccsc2)c2c([nH]c1=O)CCCCC2. The molecule has 3 rings (SSSR count). The van der Waals surface area contributed by atoms with Crippen molar-refractivity contribution in [3.05, 3.63) is 44.0 Å². The second-order valence-corrected chi connectivity index (χ2v) is 5.63. The Morgan fingerprint density at radius 1 is 1.26 bits per heavy atom. The van der Waals surface area contributed by atoms with Crippen molar-refractivity contribution in [3.63, 3.8) is 0 Å². The predicted octanol–water partition coefficient (Wildman–Crippen LogP) is 3.24. The van der Waals surface area contributed by atoms with Crippen molar-refractivity contribution in [1.82, 2.24) is 4.98 Å². The van der Waals surface area contributed by atoms with E-state index in [2.05, 4.69) is 11.1 Å². The summed E-state index contributed by atoms with van der Waals surface area (Å²) in [5, 5.41) is 13.3. The van der Waals surface area contributed by atoms with Gasteiger partial charge in [-0.3, -0.25) is 4.79 Å². The average Bonchev–Trinajstić information content (AvgIpc) is 2.83. The third-order valence-electron chi connectivity index (χ3n) is 3.68. The smallest absolute Gasteiger partial charge is 0.266 e. The summed E-state index contributed by atoms with van der Waals surface area (Å²) >= 11 is 1.59. The number of H-pyrrole nitrogens is 1. The lowest BCUT2D eigenvalue weighted by Gasteiger charge is -2.12. The van der Waals surface area contributed by atoms with Crippen LogP contribution in [0, 0.1) is 11.3 Å². The Hall–Kier alpha value is -1.86. The van der Waals surface area contributed by atoms with Crippen LogP contribution in [-0.4, -0.2) is 4.98 Å². The van der Waals surface area contributed by atoms with E-state index in [1.54, 1.807) is 11.3 Å². The van der Waals surface area contributed by atoms with Crippen molar-refractivity contribution in [3.8, 4) is 17.2 Å². The molecule has 0 saturated carbocycles. The predicted molar refractivity (Wildman–Crippen MR) is 76.3 cm³/mol. The van der Waals surface area contributed by atoms with Gasteiger partial charge in [0.1, 0.15) is 11.6 Å². The van der Waals surface area contributed by atoms with E-state index in [9.17, 15) is 10.1 Å². The van der Waals surface area contributed by atoms with Gasteiger partial charge in [-0.25, -0.2) is 0 Å². The van der Waals surface area contributed by atoms with E-state index in [1.165, 1.54) is 12.0 Å². The molecule has 2 aromatic rings. The fourth-order valence-corrected chi connectivity index (χ4v) is 3.44. The Bertz CT molecular complexity index is 692. The van der Waals surface area contributed by atoms with Crippen LogP contribution in [0.3, 0.4) is 0 Å². The molecule has 0 unspecified atom stereocenters. The number of hydrogen-bond donors (Lipinski definition) is 1. The van der Waals surface area contributed by atoms with Crippen LogP contribution in [0.15, 0.2) is 21.6 Å². The lowest BCUT2D eigenvalue weighted by Crippen LogP contribution is -2.17. The monoisotopic (exact) mass is 270 g/mol. The molecule has 0 spiro atoms. The highest BCUT2D eigenvalue weighted by Gasteiger charge is 2.20. The van der Waals surface area contributed by atoms with Crippen LogP contribution < -0.4 is 5.56 Å². The van der Waals surface area contributed by atoms with Crippen LogP contribution in [-0.2, 0) is 12.8 Å². The number of fused-ring (bicyclic) bond motifs is 1. The molecule has 0 bridgehead atoms. The molecule has 2 aromatic heterocycles. The summed E-state index contributed by atoms with van der Waals surface area (Å²) in [7, 11) is 0. The average molecular weight is 270 g/mol. The van der Waals surface area contributed by atoms with Gasteiger partial charge < -0.3 is 4.98 Å². The van der Waals surface area contributed by atoms with Crippen LogP contribution in [0.4, 0.5) is 0 Å². The van der Waals surface area contributed by atoms with Gasteiger partial charge in [0.25, 0.3) is 5.56 Å². The van der Waals surface area contributed by atoms with Crippen LogP contribution >= 0.6 is 11.3 Å². The second-order valence-electron chi connectivity index (χ2n) is 4.85.